The van der Waals surface area contributed by atoms with E-state index in [2.05, 4.69) is 41.4 Å². The number of nitrogens with zero attached hydrogens (tertiary/aromatic N) is 1. The molecule has 10 heavy (non-hydrogen) atoms. The lowest BCUT2D eigenvalue weighted by molar-refractivity contribution is 1.10. The molecular formula is C8H10IN. The van der Waals surface area contributed by atoms with Crippen molar-refractivity contribution in [2.75, 3.05) is 0 Å². The summed E-state index contributed by atoms with van der Waals surface area (Å²) in [5.41, 5.74) is 3.80. The third-order valence-corrected chi connectivity index (χ3v) is 2.92. The molecule has 0 atom stereocenters. The molecule has 0 saturated heterocycles. The molecule has 0 aliphatic rings. The standard InChI is InChI=1S/C8H10IN/c1-5-6(2)8(9)4-10-7(5)3/h4H,1-3H3. The van der Waals surface area contributed by atoms with Gasteiger partial charge in [-0.1, -0.05) is 0 Å². The molecule has 0 aliphatic heterocycles. The van der Waals surface area contributed by atoms with Gasteiger partial charge in [0.1, 0.15) is 0 Å². The van der Waals surface area contributed by atoms with Crippen LogP contribution in [0.25, 0.3) is 0 Å². The summed E-state index contributed by atoms with van der Waals surface area (Å²) in [5, 5.41) is 0. The monoisotopic (exact) mass is 247 g/mol. The fourth-order valence-corrected chi connectivity index (χ4v) is 1.34. The average molecular weight is 247 g/mol. The van der Waals surface area contributed by atoms with Gasteiger partial charge in [-0.3, -0.25) is 4.98 Å². The molecular weight excluding hydrogens is 237 g/mol. The second kappa shape index (κ2) is 2.86. The Balaban J connectivity index is 3.34. The smallest absolute Gasteiger partial charge is 0.0407 e. The van der Waals surface area contributed by atoms with E-state index in [0.29, 0.717) is 0 Å². The lowest BCUT2D eigenvalue weighted by atomic mass is 10.1. The molecule has 1 heterocycles. The zero-order valence-electron chi connectivity index (χ0n) is 6.40. The van der Waals surface area contributed by atoms with Crippen LogP contribution >= 0.6 is 22.6 Å². The number of rotatable bonds is 0. The summed E-state index contributed by atoms with van der Waals surface area (Å²) in [4.78, 5) is 4.23. The second-order valence-corrected chi connectivity index (χ2v) is 3.60. The minimum Gasteiger partial charge on any atom is -0.260 e. The van der Waals surface area contributed by atoms with E-state index in [0.717, 1.165) is 5.69 Å². The third kappa shape index (κ3) is 1.31. The number of hydrogen-bond acceptors (Lipinski definition) is 1. The maximum Gasteiger partial charge on any atom is 0.0407 e. The summed E-state index contributed by atoms with van der Waals surface area (Å²) in [6.07, 6.45) is 1.91. The fourth-order valence-electron chi connectivity index (χ4n) is 0.798. The molecule has 0 bridgehead atoms. The van der Waals surface area contributed by atoms with Crippen molar-refractivity contribution in [1.82, 2.24) is 4.98 Å². The van der Waals surface area contributed by atoms with Crippen molar-refractivity contribution in [1.29, 1.82) is 0 Å². The van der Waals surface area contributed by atoms with E-state index in [1.54, 1.807) is 0 Å². The predicted molar refractivity (Wildman–Crippen MR) is 51.2 cm³/mol. The van der Waals surface area contributed by atoms with Gasteiger partial charge in [0, 0.05) is 15.5 Å². The molecule has 1 nitrogen and oxygen atoms in total. The Bertz CT molecular complexity index is 229. The molecule has 0 saturated carbocycles. The minimum absolute atomic E-state index is 1.14. The summed E-state index contributed by atoms with van der Waals surface area (Å²) in [7, 11) is 0. The number of hydrogen-bond donors (Lipinski definition) is 0. The van der Waals surface area contributed by atoms with Crippen LogP contribution in [0.5, 0.6) is 0 Å². The fraction of sp³-hybridized carbons (Fsp3) is 0.375. The van der Waals surface area contributed by atoms with Crippen molar-refractivity contribution < 1.29 is 0 Å². The first kappa shape index (κ1) is 7.98. The molecule has 0 aromatic carbocycles. The number of aryl methyl sites for hydroxylation is 1. The Labute approximate surface area is 75.0 Å². The highest BCUT2D eigenvalue weighted by Crippen LogP contribution is 2.15. The van der Waals surface area contributed by atoms with Crippen LogP contribution in [-0.4, -0.2) is 4.98 Å². The van der Waals surface area contributed by atoms with Crippen molar-refractivity contribution in [2.45, 2.75) is 20.8 Å². The van der Waals surface area contributed by atoms with Crippen molar-refractivity contribution in [3.8, 4) is 0 Å². The van der Waals surface area contributed by atoms with Crippen LogP contribution in [0.3, 0.4) is 0 Å². The Morgan fingerprint density at radius 1 is 1.20 bits per heavy atom. The highest BCUT2D eigenvalue weighted by molar-refractivity contribution is 14.1. The summed E-state index contributed by atoms with van der Waals surface area (Å²) >= 11 is 2.30. The summed E-state index contributed by atoms with van der Waals surface area (Å²) in [6.45, 7) is 6.28. The largest absolute Gasteiger partial charge is 0.260 e. The van der Waals surface area contributed by atoms with Gasteiger partial charge < -0.3 is 0 Å². The number of aromatic nitrogens is 1. The van der Waals surface area contributed by atoms with Crippen LogP contribution in [-0.2, 0) is 0 Å². The molecule has 0 fully saturated rings. The van der Waals surface area contributed by atoms with Gasteiger partial charge in [-0.05, 0) is 54.5 Å². The van der Waals surface area contributed by atoms with E-state index in [1.165, 1.54) is 14.7 Å². The molecule has 0 aliphatic carbocycles. The summed E-state index contributed by atoms with van der Waals surface area (Å²) in [6, 6.07) is 0. The average Bonchev–Trinajstić information content (AvgIpc) is 1.93. The van der Waals surface area contributed by atoms with E-state index in [1.807, 2.05) is 13.1 Å². The maximum absolute atomic E-state index is 4.23. The van der Waals surface area contributed by atoms with Crippen molar-refractivity contribution in [3.63, 3.8) is 0 Å². The zero-order chi connectivity index (χ0) is 7.72. The normalized spacial score (nSPS) is 10.0. The van der Waals surface area contributed by atoms with Gasteiger partial charge in [0.15, 0.2) is 0 Å². The molecule has 0 N–H and O–H groups in total. The zero-order valence-corrected chi connectivity index (χ0v) is 8.56. The molecule has 0 spiro atoms. The molecule has 0 radical (unpaired) electrons. The maximum atomic E-state index is 4.23. The molecule has 2 heteroatoms. The molecule has 1 aromatic rings. The first-order valence-electron chi connectivity index (χ1n) is 3.21. The van der Waals surface area contributed by atoms with Gasteiger partial charge in [0.2, 0.25) is 0 Å². The van der Waals surface area contributed by atoms with Gasteiger partial charge in [-0.25, -0.2) is 0 Å². The predicted octanol–water partition coefficient (Wildman–Crippen LogP) is 2.61. The Morgan fingerprint density at radius 2 is 1.80 bits per heavy atom. The van der Waals surface area contributed by atoms with Gasteiger partial charge in [0.05, 0.1) is 0 Å². The first-order valence-corrected chi connectivity index (χ1v) is 4.29. The van der Waals surface area contributed by atoms with Gasteiger partial charge in [-0.15, -0.1) is 0 Å². The van der Waals surface area contributed by atoms with Crippen molar-refractivity contribution in [2.24, 2.45) is 0 Å². The number of pyridine rings is 1. The van der Waals surface area contributed by atoms with Crippen LogP contribution in [0.1, 0.15) is 16.8 Å². The van der Waals surface area contributed by atoms with Gasteiger partial charge >= 0.3 is 0 Å². The Hall–Kier alpha value is -0.120. The Kier molecular flexibility index (Phi) is 2.28. The van der Waals surface area contributed by atoms with E-state index in [-0.39, 0.29) is 0 Å². The molecule has 1 rings (SSSR count). The lowest BCUT2D eigenvalue weighted by Gasteiger charge is -2.03. The van der Waals surface area contributed by atoms with Crippen LogP contribution in [0, 0.1) is 24.3 Å². The highest BCUT2D eigenvalue weighted by atomic mass is 127. The van der Waals surface area contributed by atoms with Gasteiger partial charge in [-0.2, -0.15) is 0 Å². The highest BCUT2D eigenvalue weighted by Gasteiger charge is 2.00. The molecule has 0 unspecified atom stereocenters. The van der Waals surface area contributed by atoms with E-state index in [9.17, 15) is 0 Å². The lowest BCUT2D eigenvalue weighted by Crippen LogP contribution is -1.92. The molecule has 54 valence electrons. The molecule has 0 amide bonds. The number of halogens is 1. The van der Waals surface area contributed by atoms with Crippen molar-refractivity contribution >= 4 is 22.6 Å². The van der Waals surface area contributed by atoms with E-state index >= 15 is 0 Å². The quantitative estimate of drug-likeness (QED) is 0.642. The first-order chi connectivity index (χ1) is 4.63. The van der Waals surface area contributed by atoms with E-state index < -0.39 is 0 Å². The van der Waals surface area contributed by atoms with Crippen molar-refractivity contribution in [3.05, 3.63) is 26.6 Å². The summed E-state index contributed by atoms with van der Waals surface area (Å²) in [5.74, 6) is 0. The minimum atomic E-state index is 1.14. The van der Waals surface area contributed by atoms with Crippen LogP contribution < -0.4 is 0 Å². The third-order valence-electron chi connectivity index (χ3n) is 1.83. The summed E-state index contributed by atoms with van der Waals surface area (Å²) < 4.78 is 1.25. The van der Waals surface area contributed by atoms with Crippen LogP contribution in [0.15, 0.2) is 6.20 Å². The van der Waals surface area contributed by atoms with Gasteiger partial charge in [0.25, 0.3) is 0 Å². The van der Waals surface area contributed by atoms with Crippen LogP contribution in [0.4, 0.5) is 0 Å². The second-order valence-electron chi connectivity index (χ2n) is 2.44. The topological polar surface area (TPSA) is 12.9 Å². The molecule has 1 aromatic heterocycles. The Morgan fingerprint density at radius 3 is 2.30 bits per heavy atom. The SMILES string of the molecule is Cc1ncc(I)c(C)c1C. The van der Waals surface area contributed by atoms with Crippen LogP contribution in [0.2, 0.25) is 0 Å². The van der Waals surface area contributed by atoms with E-state index in [4.69, 9.17) is 0 Å².